The van der Waals surface area contributed by atoms with Crippen LogP contribution in [0.2, 0.25) is 0 Å². The van der Waals surface area contributed by atoms with Crippen LogP contribution in [0, 0.1) is 0 Å². The second-order valence-corrected chi connectivity index (χ2v) is 3.74. The van der Waals surface area contributed by atoms with E-state index in [1.54, 1.807) is 12.1 Å². The average molecular weight is 217 g/mol. The minimum atomic E-state index is 0.270. The van der Waals surface area contributed by atoms with Crippen LogP contribution >= 0.6 is 12.6 Å². The fraction of sp³-hybridized carbons (Fsp3) is 0. The van der Waals surface area contributed by atoms with E-state index < -0.39 is 0 Å². The lowest BCUT2D eigenvalue weighted by Gasteiger charge is -2.06. The predicted molar refractivity (Wildman–Crippen MR) is 65.1 cm³/mol. The molecule has 0 unspecified atom stereocenters. The van der Waals surface area contributed by atoms with Crippen LogP contribution in [-0.2, 0) is 0 Å². The molecule has 2 N–H and O–H groups in total. The molecule has 0 saturated carbocycles. The maximum absolute atomic E-state index is 9.12. The van der Waals surface area contributed by atoms with Crippen LogP contribution in [0.25, 0.3) is 0 Å². The van der Waals surface area contributed by atoms with Crippen LogP contribution < -0.4 is 5.32 Å². The number of phenolic OH excluding ortho intramolecular Hbond substituents is 1. The molecule has 0 aromatic heterocycles. The molecule has 0 amide bonds. The highest BCUT2D eigenvalue weighted by Gasteiger charge is 1.94. The molecule has 0 aliphatic rings. The first-order chi connectivity index (χ1) is 7.24. The van der Waals surface area contributed by atoms with Crippen LogP contribution in [0.1, 0.15) is 0 Å². The maximum atomic E-state index is 9.12. The molecule has 2 aromatic carbocycles. The lowest BCUT2D eigenvalue weighted by atomic mass is 10.2. The molecule has 0 heterocycles. The van der Waals surface area contributed by atoms with E-state index >= 15 is 0 Å². The van der Waals surface area contributed by atoms with Crippen molar-refractivity contribution in [3.63, 3.8) is 0 Å². The van der Waals surface area contributed by atoms with E-state index in [1.807, 2.05) is 36.4 Å². The summed E-state index contributed by atoms with van der Waals surface area (Å²) in [6.07, 6.45) is 0. The third-order valence-corrected chi connectivity index (χ3v) is 2.32. The average Bonchev–Trinajstić information content (AvgIpc) is 2.25. The second-order valence-electron chi connectivity index (χ2n) is 3.22. The molecular formula is C12H11NOS. The SMILES string of the molecule is Oc1ccc(Nc2ccc(S)cc2)cc1. The third kappa shape index (κ3) is 2.67. The number of phenols is 1. The standard InChI is InChI=1S/C12H11NOS/c14-11-5-1-9(2-6-11)13-10-3-7-12(15)8-4-10/h1-8,13-15H. The van der Waals surface area contributed by atoms with E-state index in [0.29, 0.717) is 0 Å². The molecule has 2 nitrogen and oxygen atoms in total. The van der Waals surface area contributed by atoms with Crippen LogP contribution in [0.5, 0.6) is 5.75 Å². The van der Waals surface area contributed by atoms with Gasteiger partial charge in [0, 0.05) is 16.3 Å². The van der Waals surface area contributed by atoms with Crippen LogP contribution in [-0.4, -0.2) is 5.11 Å². The molecule has 0 radical (unpaired) electrons. The van der Waals surface area contributed by atoms with Crippen molar-refractivity contribution < 1.29 is 5.11 Å². The van der Waals surface area contributed by atoms with E-state index in [1.165, 1.54) is 0 Å². The number of anilines is 2. The van der Waals surface area contributed by atoms with Gasteiger partial charge in [-0.25, -0.2) is 0 Å². The Morgan fingerprint density at radius 1 is 0.800 bits per heavy atom. The Morgan fingerprint density at radius 2 is 1.27 bits per heavy atom. The first-order valence-corrected chi connectivity index (χ1v) is 5.04. The largest absolute Gasteiger partial charge is 0.508 e. The van der Waals surface area contributed by atoms with Gasteiger partial charge in [-0.15, -0.1) is 12.6 Å². The van der Waals surface area contributed by atoms with Crippen molar-refractivity contribution in [2.45, 2.75) is 4.90 Å². The van der Waals surface area contributed by atoms with Crippen molar-refractivity contribution in [1.82, 2.24) is 0 Å². The minimum Gasteiger partial charge on any atom is -0.508 e. The third-order valence-electron chi connectivity index (χ3n) is 2.02. The molecule has 2 rings (SSSR count). The zero-order valence-electron chi connectivity index (χ0n) is 8.01. The zero-order valence-corrected chi connectivity index (χ0v) is 8.91. The number of rotatable bonds is 2. The topological polar surface area (TPSA) is 32.3 Å². The van der Waals surface area contributed by atoms with Gasteiger partial charge in [0.2, 0.25) is 0 Å². The Balaban J connectivity index is 2.15. The number of benzene rings is 2. The minimum absolute atomic E-state index is 0.270. The van der Waals surface area contributed by atoms with Crippen molar-refractivity contribution in [2.75, 3.05) is 5.32 Å². The highest BCUT2D eigenvalue weighted by Crippen LogP contribution is 2.20. The fourth-order valence-corrected chi connectivity index (χ4v) is 1.41. The van der Waals surface area contributed by atoms with Gasteiger partial charge < -0.3 is 10.4 Å². The number of thiol groups is 1. The van der Waals surface area contributed by atoms with E-state index in [2.05, 4.69) is 17.9 Å². The molecule has 0 atom stereocenters. The lowest BCUT2D eigenvalue weighted by Crippen LogP contribution is -1.88. The molecule has 0 bridgehead atoms. The summed E-state index contributed by atoms with van der Waals surface area (Å²) in [4.78, 5) is 0.936. The molecule has 0 saturated heterocycles. The summed E-state index contributed by atoms with van der Waals surface area (Å²) in [5.41, 5.74) is 1.94. The van der Waals surface area contributed by atoms with Gasteiger partial charge in [-0.2, -0.15) is 0 Å². The van der Waals surface area contributed by atoms with Gasteiger partial charge in [0.05, 0.1) is 0 Å². The number of hydrogen-bond acceptors (Lipinski definition) is 3. The number of nitrogens with one attached hydrogen (secondary N) is 1. The van der Waals surface area contributed by atoms with Crippen LogP contribution in [0.4, 0.5) is 11.4 Å². The molecule has 0 aliphatic heterocycles. The fourth-order valence-electron chi connectivity index (χ4n) is 1.26. The quantitative estimate of drug-likeness (QED) is 0.532. The van der Waals surface area contributed by atoms with Gasteiger partial charge in [0.15, 0.2) is 0 Å². The predicted octanol–water partition coefficient (Wildman–Crippen LogP) is 3.42. The summed E-state index contributed by atoms with van der Waals surface area (Å²) in [5, 5.41) is 12.3. The first-order valence-electron chi connectivity index (χ1n) is 4.59. The number of hydrogen-bond donors (Lipinski definition) is 3. The molecule has 76 valence electrons. The van der Waals surface area contributed by atoms with E-state index in [9.17, 15) is 0 Å². The van der Waals surface area contributed by atoms with Gasteiger partial charge >= 0.3 is 0 Å². The Hall–Kier alpha value is -1.61. The van der Waals surface area contributed by atoms with Gasteiger partial charge in [0.1, 0.15) is 5.75 Å². The van der Waals surface area contributed by atoms with E-state index in [-0.39, 0.29) is 5.75 Å². The molecule has 2 aromatic rings. The highest BCUT2D eigenvalue weighted by atomic mass is 32.1. The van der Waals surface area contributed by atoms with Gasteiger partial charge in [0.25, 0.3) is 0 Å². The smallest absolute Gasteiger partial charge is 0.115 e. The van der Waals surface area contributed by atoms with Gasteiger partial charge in [-0.1, -0.05) is 0 Å². The summed E-state index contributed by atoms with van der Waals surface area (Å²) < 4.78 is 0. The van der Waals surface area contributed by atoms with E-state index in [4.69, 9.17) is 5.11 Å². The summed E-state index contributed by atoms with van der Waals surface area (Å²) >= 11 is 4.21. The second kappa shape index (κ2) is 4.28. The first kappa shape index (κ1) is 9.93. The zero-order chi connectivity index (χ0) is 10.7. The highest BCUT2D eigenvalue weighted by molar-refractivity contribution is 7.80. The Labute approximate surface area is 94.0 Å². The molecule has 0 fully saturated rings. The molecule has 15 heavy (non-hydrogen) atoms. The molecule has 3 heteroatoms. The monoisotopic (exact) mass is 217 g/mol. The van der Waals surface area contributed by atoms with Crippen molar-refractivity contribution in [3.05, 3.63) is 48.5 Å². The Bertz CT molecular complexity index is 393. The van der Waals surface area contributed by atoms with Crippen molar-refractivity contribution in [2.24, 2.45) is 0 Å². The van der Waals surface area contributed by atoms with Crippen molar-refractivity contribution in [1.29, 1.82) is 0 Å². The summed E-state index contributed by atoms with van der Waals surface area (Å²) in [6.45, 7) is 0. The summed E-state index contributed by atoms with van der Waals surface area (Å²) in [5.74, 6) is 0.270. The van der Waals surface area contributed by atoms with Crippen LogP contribution in [0.3, 0.4) is 0 Å². The van der Waals surface area contributed by atoms with Crippen molar-refractivity contribution >= 4 is 24.0 Å². The normalized spacial score (nSPS) is 9.93. The van der Waals surface area contributed by atoms with Gasteiger partial charge in [-0.3, -0.25) is 0 Å². The molecule has 0 aliphatic carbocycles. The molecular weight excluding hydrogens is 206 g/mol. The number of aromatic hydroxyl groups is 1. The molecule has 0 spiro atoms. The Morgan fingerprint density at radius 3 is 1.80 bits per heavy atom. The maximum Gasteiger partial charge on any atom is 0.115 e. The van der Waals surface area contributed by atoms with Crippen LogP contribution in [0.15, 0.2) is 53.4 Å². The van der Waals surface area contributed by atoms with E-state index in [0.717, 1.165) is 16.3 Å². The lowest BCUT2D eigenvalue weighted by molar-refractivity contribution is 0.475. The summed E-state index contributed by atoms with van der Waals surface area (Å²) in [7, 11) is 0. The summed E-state index contributed by atoms with van der Waals surface area (Å²) in [6, 6.07) is 14.7. The Kier molecular flexibility index (Phi) is 2.83. The van der Waals surface area contributed by atoms with Gasteiger partial charge in [-0.05, 0) is 48.5 Å². The van der Waals surface area contributed by atoms with Crippen molar-refractivity contribution in [3.8, 4) is 5.75 Å².